The van der Waals surface area contributed by atoms with E-state index in [1.165, 1.54) is 35.6 Å². The van der Waals surface area contributed by atoms with Gasteiger partial charge in [-0.05, 0) is 42.7 Å². The van der Waals surface area contributed by atoms with Crippen LogP contribution in [0, 0.1) is 15.9 Å². The molecule has 210 valence electrons. The minimum atomic E-state index is -3.53. The van der Waals surface area contributed by atoms with E-state index < -0.39 is 14.9 Å². The van der Waals surface area contributed by atoms with Crippen LogP contribution in [0.2, 0.25) is 0 Å². The molecule has 0 aliphatic carbocycles. The van der Waals surface area contributed by atoms with Crippen molar-refractivity contribution in [2.24, 2.45) is 5.10 Å². The van der Waals surface area contributed by atoms with E-state index in [1.54, 1.807) is 57.8 Å². The van der Waals surface area contributed by atoms with Crippen LogP contribution in [0.3, 0.4) is 0 Å². The first kappa shape index (κ1) is 27.2. The van der Waals surface area contributed by atoms with Crippen LogP contribution in [0.15, 0.2) is 88.2 Å². The lowest BCUT2D eigenvalue weighted by molar-refractivity contribution is -0.384. The Balaban J connectivity index is 1.30. The molecule has 1 fully saturated rings. The van der Waals surface area contributed by atoms with Crippen LogP contribution >= 0.6 is 11.3 Å². The third-order valence-corrected chi connectivity index (χ3v) is 10.1. The normalized spacial score (nSPS) is 17.9. The van der Waals surface area contributed by atoms with Crippen LogP contribution in [0.5, 0.6) is 0 Å². The fraction of sp³-hybridized carbons (Fsp3) is 0.241. The molecule has 9 nitrogen and oxygen atoms in total. The lowest BCUT2D eigenvalue weighted by Crippen LogP contribution is -2.35. The summed E-state index contributed by atoms with van der Waals surface area (Å²) in [5, 5.41) is 20.4. The molecule has 12 heteroatoms. The van der Waals surface area contributed by atoms with E-state index in [0.717, 1.165) is 30.4 Å². The number of benzene rings is 3. The zero-order valence-corrected chi connectivity index (χ0v) is 23.5. The number of sulfonamides is 1. The number of aromatic nitrogens is 1. The number of hydrogen-bond acceptors (Lipinski definition) is 8. The Morgan fingerprint density at radius 3 is 2.39 bits per heavy atom. The quantitative estimate of drug-likeness (QED) is 0.182. The molecule has 0 saturated carbocycles. The lowest BCUT2D eigenvalue weighted by Gasteiger charge is -2.25. The summed E-state index contributed by atoms with van der Waals surface area (Å²) in [4.78, 5) is 16.0. The van der Waals surface area contributed by atoms with Gasteiger partial charge in [0.2, 0.25) is 15.2 Å². The second kappa shape index (κ2) is 11.1. The van der Waals surface area contributed by atoms with E-state index in [1.807, 2.05) is 5.38 Å². The van der Waals surface area contributed by atoms with E-state index in [2.05, 4.69) is 0 Å². The maximum Gasteiger partial charge on any atom is 0.270 e. The molecule has 1 aromatic heterocycles. The van der Waals surface area contributed by atoms with E-state index >= 15 is 0 Å². The summed E-state index contributed by atoms with van der Waals surface area (Å²) in [6.07, 6.45) is 3.25. The van der Waals surface area contributed by atoms with Gasteiger partial charge in [0.05, 0.1) is 27.3 Å². The topological polar surface area (TPSA) is 109 Å². The summed E-state index contributed by atoms with van der Waals surface area (Å²) >= 11 is 1.38. The van der Waals surface area contributed by atoms with Gasteiger partial charge in [-0.15, -0.1) is 11.3 Å². The average molecular weight is 592 g/mol. The summed E-state index contributed by atoms with van der Waals surface area (Å²) in [5.41, 5.74) is 3.54. The maximum absolute atomic E-state index is 13.7. The highest BCUT2D eigenvalue weighted by molar-refractivity contribution is 7.89. The fourth-order valence-corrected chi connectivity index (χ4v) is 7.51. The molecule has 0 spiro atoms. The number of hydrogen-bond donors (Lipinski definition) is 0. The highest BCUT2D eigenvalue weighted by atomic mass is 32.2. The van der Waals surface area contributed by atoms with Gasteiger partial charge in [0, 0.05) is 48.2 Å². The molecule has 3 aromatic carbocycles. The van der Waals surface area contributed by atoms with Crippen molar-refractivity contribution in [2.45, 2.75) is 36.6 Å². The summed E-state index contributed by atoms with van der Waals surface area (Å²) < 4.78 is 41.3. The molecule has 1 unspecified atom stereocenters. The van der Waals surface area contributed by atoms with E-state index in [0.29, 0.717) is 41.6 Å². The van der Waals surface area contributed by atoms with Crippen LogP contribution in [-0.4, -0.2) is 41.4 Å². The standard InChI is InChI=1S/C29H26FN5O4S2/c30-23-11-7-21(8-12-23)28-18-26(22-5-4-6-24(17-22)35(36)37)32-34(28)29-31-27(19-40-29)20-9-13-25(14-10-20)41(38,39)33-15-2-1-3-16-33/h4-14,17,19,28H,1-3,15-16,18H2. The van der Waals surface area contributed by atoms with Gasteiger partial charge in [0.25, 0.3) is 5.69 Å². The minimum Gasteiger partial charge on any atom is -0.258 e. The maximum atomic E-state index is 13.7. The van der Waals surface area contributed by atoms with Crippen LogP contribution in [-0.2, 0) is 10.0 Å². The number of halogens is 1. The summed E-state index contributed by atoms with van der Waals surface area (Å²) in [6, 6.07) is 19.0. The Labute approximate surface area is 240 Å². The molecule has 0 radical (unpaired) electrons. The number of thiazole rings is 1. The Kier molecular flexibility index (Phi) is 7.37. The Morgan fingerprint density at radius 2 is 1.68 bits per heavy atom. The number of nitro benzene ring substituents is 1. The molecule has 2 aliphatic rings. The molecule has 41 heavy (non-hydrogen) atoms. The molecule has 4 aromatic rings. The minimum absolute atomic E-state index is 0.0238. The first-order valence-electron chi connectivity index (χ1n) is 13.2. The molecule has 0 bridgehead atoms. The van der Waals surface area contributed by atoms with Crippen LogP contribution < -0.4 is 5.01 Å². The van der Waals surface area contributed by atoms with Crippen LogP contribution in [0.25, 0.3) is 11.3 Å². The van der Waals surface area contributed by atoms with Crippen LogP contribution in [0.1, 0.15) is 42.9 Å². The second-order valence-corrected chi connectivity index (χ2v) is 12.7. The zero-order valence-electron chi connectivity index (χ0n) is 21.9. The predicted molar refractivity (Wildman–Crippen MR) is 156 cm³/mol. The molecular weight excluding hydrogens is 565 g/mol. The SMILES string of the molecule is O=[N+]([O-])c1cccc(C2=NN(c3nc(-c4ccc(S(=O)(=O)N5CCCCC5)cc4)cs3)C(c3ccc(F)cc3)C2)c1. The molecular formula is C29H26FN5O4S2. The van der Waals surface area contributed by atoms with Crippen molar-refractivity contribution in [1.82, 2.24) is 9.29 Å². The van der Waals surface area contributed by atoms with Gasteiger partial charge in [-0.2, -0.15) is 9.41 Å². The number of nitro groups is 1. The fourth-order valence-electron chi connectivity index (χ4n) is 5.16. The van der Waals surface area contributed by atoms with Gasteiger partial charge in [0.1, 0.15) is 5.82 Å². The van der Waals surface area contributed by atoms with Gasteiger partial charge in [-0.25, -0.2) is 22.8 Å². The van der Waals surface area contributed by atoms with Crippen molar-refractivity contribution in [2.75, 3.05) is 18.1 Å². The largest absolute Gasteiger partial charge is 0.270 e. The molecule has 1 saturated heterocycles. The molecule has 1 atom stereocenters. The van der Waals surface area contributed by atoms with E-state index in [-0.39, 0.29) is 22.4 Å². The van der Waals surface area contributed by atoms with Crippen LogP contribution in [0.4, 0.5) is 15.2 Å². The number of nitrogens with zero attached hydrogens (tertiary/aromatic N) is 5. The van der Waals surface area contributed by atoms with Crippen molar-refractivity contribution < 1.29 is 17.7 Å². The smallest absolute Gasteiger partial charge is 0.258 e. The third-order valence-electron chi connectivity index (χ3n) is 7.35. The number of rotatable bonds is 7. The predicted octanol–water partition coefficient (Wildman–Crippen LogP) is 6.39. The van der Waals surface area contributed by atoms with Gasteiger partial charge in [-0.1, -0.05) is 42.8 Å². The highest BCUT2D eigenvalue weighted by Gasteiger charge is 2.32. The number of hydrazone groups is 1. The molecule has 2 aliphatic heterocycles. The van der Waals surface area contributed by atoms with E-state index in [9.17, 15) is 22.9 Å². The number of piperidine rings is 1. The van der Waals surface area contributed by atoms with Crippen molar-refractivity contribution in [3.8, 4) is 11.3 Å². The first-order valence-corrected chi connectivity index (χ1v) is 15.5. The van der Waals surface area contributed by atoms with Crippen molar-refractivity contribution in [3.05, 3.63) is 105 Å². The lowest BCUT2D eigenvalue weighted by atomic mass is 9.98. The highest BCUT2D eigenvalue weighted by Crippen LogP contribution is 2.40. The summed E-state index contributed by atoms with van der Waals surface area (Å²) in [6.45, 7) is 1.09. The first-order chi connectivity index (χ1) is 19.8. The van der Waals surface area contributed by atoms with Gasteiger partial charge >= 0.3 is 0 Å². The molecule has 0 N–H and O–H groups in total. The van der Waals surface area contributed by atoms with Crippen molar-refractivity contribution in [3.63, 3.8) is 0 Å². The summed E-state index contributed by atoms with van der Waals surface area (Å²) in [5.74, 6) is -0.347. The average Bonchev–Trinajstić information content (AvgIpc) is 3.66. The number of non-ortho nitro benzene ring substituents is 1. The second-order valence-electron chi connectivity index (χ2n) is 9.97. The monoisotopic (exact) mass is 591 g/mol. The molecule has 0 amide bonds. The van der Waals surface area contributed by atoms with Crippen molar-refractivity contribution >= 4 is 37.9 Å². The van der Waals surface area contributed by atoms with Crippen molar-refractivity contribution in [1.29, 1.82) is 0 Å². The Bertz CT molecular complexity index is 1720. The Hall–Kier alpha value is -4.00. The van der Waals surface area contributed by atoms with Gasteiger partial charge in [-0.3, -0.25) is 10.1 Å². The Morgan fingerprint density at radius 1 is 0.951 bits per heavy atom. The molecule has 3 heterocycles. The zero-order chi connectivity index (χ0) is 28.6. The summed E-state index contributed by atoms with van der Waals surface area (Å²) in [7, 11) is -3.53. The van der Waals surface area contributed by atoms with E-state index in [4.69, 9.17) is 10.1 Å². The number of anilines is 1. The molecule has 6 rings (SSSR count). The van der Waals surface area contributed by atoms with Gasteiger partial charge < -0.3 is 0 Å². The van der Waals surface area contributed by atoms with Gasteiger partial charge in [0.15, 0.2) is 0 Å². The third kappa shape index (κ3) is 5.50.